The van der Waals surface area contributed by atoms with Crippen LogP contribution in [0.5, 0.6) is 11.8 Å². The number of amides is 1. The van der Waals surface area contributed by atoms with Crippen molar-refractivity contribution < 1.29 is 32.2 Å². The van der Waals surface area contributed by atoms with E-state index >= 15 is 8.78 Å². The Bertz CT molecular complexity index is 2080. The fraction of sp³-hybridized carbons (Fsp3) is 0.561. The van der Waals surface area contributed by atoms with Crippen molar-refractivity contribution in [3.63, 3.8) is 0 Å². The van der Waals surface area contributed by atoms with Crippen LogP contribution in [0.3, 0.4) is 0 Å². The number of pyridine rings is 1. The molecule has 54 heavy (non-hydrogen) atoms. The van der Waals surface area contributed by atoms with E-state index in [9.17, 15) is 9.18 Å². The number of fused-ring (bicyclic) bond motifs is 5. The van der Waals surface area contributed by atoms with Crippen LogP contribution in [0.15, 0.2) is 30.5 Å². The second kappa shape index (κ2) is 14.4. The van der Waals surface area contributed by atoms with Gasteiger partial charge in [0.25, 0.3) is 0 Å². The number of piperidine rings is 1. The Morgan fingerprint density at radius 1 is 1.09 bits per heavy atom. The van der Waals surface area contributed by atoms with Crippen molar-refractivity contribution >= 4 is 33.4 Å². The van der Waals surface area contributed by atoms with E-state index in [-0.39, 0.29) is 47.8 Å². The lowest BCUT2D eigenvalue weighted by Gasteiger charge is -2.41. The highest BCUT2D eigenvalue weighted by Gasteiger charge is 2.50. The van der Waals surface area contributed by atoms with Crippen LogP contribution >= 0.6 is 0 Å². The zero-order valence-electron chi connectivity index (χ0n) is 31.6. The summed E-state index contributed by atoms with van der Waals surface area (Å²) in [6, 6.07) is 6.54. The second-order valence-corrected chi connectivity index (χ2v) is 16.2. The highest BCUT2D eigenvalue weighted by molar-refractivity contribution is 6.02. The predicted octanol–water partition coefficient (Wildman–Crippen LogP) is 7.10. The van der Waals surface area contributed by atoms with Gasteiger partial charge < -0.3 is 24.0 Å². The Kier molecular flexibility index (Phi) is 9.83. The van der Waals surface area contributed by atoms with Crippen LogP contribution in [0.2, 0.25) is 0 Å². The first kappa shape index (κ1) is 36.7. The van der Waals surface area contributed by atoms with Gasteiger partial charge in [-0.3, -0.25) is 14.7 Å². The minimum absolute atomic E-state index is 0.000254. The van der Waals surface area contributed by atoms with Gasteiger partial charge in [-0.15, -0.1) is 0 Å². The van der Waals surface area contributed by atoms with Crippen molar-refractivity contribution in [1.29, 1.82) is 0 Å². The van der Waals surface area contributed by atoms with Crippen LogP contribution < -0.4 is 14.4 Å². The molecule has 1 amide bonds. The van der Waals surface area contributed by atoms with Crippen LogP contribution in [0, 0.1) is 23.0 Å². The van der Waals surface area contributed by atoms with E-state index in [1.165, 1.54) is 13.2 Å². The number of aryl methyl sites for hydroxylation is 1. The number of carbonyl (C=O) groups is 1. The predicted molar refractivity (Wildman–Crippen MR) is 201 cm³/mol. The summed E-state index contributed by atoms with van der Waals surface area (Å²) in [5, 5.41) is 1.66. The molecule has 0 radical (unpaired) electrons. The number of rotatable bonds is 12. The number of nitrogens with zero attached hydrogens (tertiary/aromatic N) is 6. The normalized spacial score (nSPS) is 25.1. The molecule has 4 atom stereocenters. The van der Waals surface area contributed by atoms with Gasteiger partial charge in [0.1, 0.15) is 41.4 Å². The molecule has 13 heteroatoms. The first-order chi connectivity index (χ1) is 26.0. The van der Waals surface area contributed by atoms with Crippen LogP contribution in [-0.2, 0) is 16.0 Å². The van der Waals surface area contributed by atoms with E-state index in [0.717, 1.165) is 51.6 Å². The average molecular weight is 747 g/mol. The number of ether oxygens (including phenoxy) is 3. The summed E-state index contributed by atoms with van der Waals surface area (Å²) in [6.45, 7) is 4.60. The van der Waals surface area contributed by atoms with Crippen molar-refractivity contribution in [2.45, 2.75) is 76.4 Å². The van der Waals surface area contributed by atoms with E-state index in [0.29, 0.717) is 77.1 Å². The third-order valence-corrected chi connectivity index (χ3v) is 12.4. The first-order valence-corrected chi connectivity index (χ1v) is 19.2. The minimum Gasteiger partial charge on any atom is -0.468 e. The highest BCUT2D eigenvalue weighted by Crippen LogP contribution is 2.51. The largest absolute Gasteiger partial charge is 0.468 e. The topological polar surface area (TPSA) is 93.2 Å². The molecular weight excluding hydrogens is 697 g/mol. The fourth-order valence-electron chi connectivity index (χ4n) is 9.86. The molecule has 3 saturated heterocycles. The molecule has 0 spiro atoms. The maximum Gasteiger partial charge on any atom is 0.319 e. The monoisotopic (exact) mass is 746 g/mol. The number of hydrogen-bond acceptors (Lipinski definition) is 9. The molecule has 4 fully saturated rings. The highest BCUT2D eigenvalue weighted by atomic mass is 19.1. The molecule has 2 aromatic heterocycles. The van der Waals surface area contributed by atoms with E-state index in [1.807, 2.05) is 6.92 Å². The van der Waals surface area contributed by atoms with Gasteiger partial charge in [0.05, 0.1) is 10.9 Å². The maximum atomic E-state index is 17.4. The summed E-state index contributed by atoms with van der Waals surface area (Å²) in [5.74, 6) is 0.377. The van der Waals surface area contributed by atoms with Gasteiger partial charge >= 0.3 is 6.01 Å². The fourth-order valence-corrected chi connectivity index (χ4v) is 9.86. The molecule has 288 valence electrons. The molecule has 4 aliphatic rings. The number of anilines is 1. The van der Waals surface area contributed by atoms with Gasteiger partial charge in [-0.25, -0.2) is 13.2 Å². The van der Waals surface area contributed by atoms with Crippen LogP contribution in [0.1, 0.15) is 63.9 Å². The van der Waals surface area contributed by atoms with Gasteiger partial charge in [-0.2, -0.15) is 9.97 Å². The lowest BCUT2D eigenvalue weighted by Crippen LogP contribution is -2.44. The molecule has 5 heterocycles. The summed E-state index contributed by atoms with van der Waals surface area (Å²) >= 11 is 0. The Morgan fingerprint density at radius 2 is 1.94 bits per heavy atom. The van der Waals surface area contributed by atoms with Gasteiger partial charge in [0.2, 0.25) is 5.91 Å². The Labute approximate surface area is 314 Å². The van der Waals surface area contributed by atoms with E-state index < -0.39 is 17.5 Å². The Balaban J connectivity index is 1.25. The first-order valence-electron chi connectivity index (χ1n) is 19.2. The number of carbonyl (C=O) groups excluding carboxylic acids is 1. The Hall–Kier alpha value is -4.23. The van der Waals surface area contributed by atoms with Crippen molar-refractivity contribution in [3.05, 3.63) is 47.7 Å². The minimum atomic E-state index is -0.927. The van der Waals surface area contributed by atoms with Crippen LogP contribution in [-0.4, -0.2) is 103 Å². The SMILES string of the molecule is CCc1c(F)ccc2cc(OCOC)cc(-c3ncc4c(N5CC6CCC(CCC(=O)N(C)C)(C6)C5)nc(OC[C@@]56CCCN5C[C@H](F)C6)nc4c3F)c12. The molecule has 4 aromatic rings. The van der Waals surface area contributed by atoms with Crippen LogP contribution in [0.4, 0.5) is 19.0 Å². The standard InChI is InChI=1S/C41H49F3N6O4/c1-5-29-32(43)8-7-26-15-28(54-24-52-4)16-30(34(26)29)36-35(44)37-31(19-45-36)38(47-39(46-37)53-23-41-11-6-14-50(41)21-27(42)18-41)49-20-25-9-12-40(17-25,22-49)13-10-33(51)48(2)3/h7-8,15-16,19,25,27H,5-6,9-14,17-18,20-24H2,1-4H3/t25?,27-,40?,41+/m1/s1. The molecule has 2 unspecified atom stereocenters. The summed E-state index contributed by atoms with van der Waals surface area (Å²) in [5.41, 5.74) is 0.327. The second-order valence-electron chi connectivity index (χ2n) is 16.2. The maximum absolute atomic E-state index is 17.4. The molecule has 8 rings (SSSR count). The third-order valence-electron chi connectivity index (χ3n) is 12.4. The van der Waals surface area contributed by atoms with Crippen molar-refractivity contribution in [1.82, 2.24) is 24.8 Å². The van der Waals surface area contributed by atoms with E-state index in [4.69, 9.17) is 29.2 Å². The zero-order chi connectivity index (χ0) is 37.8. The van der Waals surface area contributed by atoms with Crippen LogP contribution in [0.25, 0.3) is 32.9 Å². The molecule has 2 aromatic carbocycles. The van der Waals surface area contributed by atoms with Gasteiger partial charge in [-0.1, -0.05) is 13.0 Å². The summed E-state index contributed by atoms with van der Waals surface area (Å²) in [4.78, 5) is 33.1. The number of aromatic nitrogens is 3. The molecule has 10 nitrogen and oxygen atoms in total. The van der Waals surface area contributed by atoms with Crippen molar-refractivity contribution in [2.24, 2.45) is 11.3 Å². The number of halogens is 3. The number of methoxy groups -OCH3 is 1. The number of benzene rings is 2. The lowest BCUT2D eigenvalue weighted by molar-refractivity contribution is -0.129. The van der Waals surface area contributed by atoms with Crippen molar-refractivity contribution in [2.75, 3.05) is 65.7 Å². The molecular formula is C41H49F3N6O4. The van der Waals surface area contributed by atoms with E-state index in [2.05, 4.69) is 9.80 Å². The smallest absolute Gasteiger partial charge is 0.319 e. The van der Waals surface area contributed by atoms with Crippen molar-refractivity contribution in [3.8, 4) is 23.0 Å². The molecule has 2 bridgehead atoms. The van der Waals surface area contributed by atoms with Gasteiger partial charge in [0, 0.05) is 65.4 Å². The summed E-state index contributed by atoms with van der Waals surface area (Å²) in [7, 11) is 5.08. The lowest BCUT2D eigenvalue weighted by atomic mass is 9.78. The molecule has 1 saturated carbocycles. The van der Waals surface area contributed by atoms with Gasteiger partial charge in [-0.05, 0) is 97.4 Å². The quantitative estimate of drug-likeness (QED) is 0.141. The summed E-state index contributed by atoms with van der Waals surface area (Å²) in [6.07, 6.45) is 7.50. The Morgan fingerprint density at radius 3 is 2.74 bits per heavy atom. The molecule has 1 aliphatic carbocycles. The molecule has 0 N–H and O–H groups in total. The zero-order valence-corrected chi connectivity index (χ0v) is 31.6. The number of hydrogen-bond donors (Lipinski definition) is 0. The third kappa shape index (κ3) is 6.61. The van der Waals surface area contributed by atoms with Gasteiger partial charge in [0.15, 0.2) is 12.6 Å². The van der Waals surface area contributed by atoms with E-state index in [1.54, 1.807) is 43.4 Å². The molecule has 3 aliphatic heterocycles. The summed E-state index contributed by atoms with van der Waals surface area (Å²) < 4.78 is 64.7. The number of alkyl halides is 1. The average Bonchev–Trinajstić information content (AvgIpc) is 3.80.